The molecular formula is C8H13F3O. The van der Waals surface area contributed by atoms with Crippen LogP contribution in [0.2, 0.25) is 0 Å². The van der Waals surface area contributed by atoms with Crippen molar-refractivity contribution >= 4 is 0 Å². The summed E-state index contributed by atoms with van der Waals surface area (Å²) in [5.41, 5.74) is 0. The molecule has 0 aliphatic heterocycles. The van der Waals surface area contributed by atoms with E-state index < -0.39 is 12.5 Å². The van der Waals surface area contributed by atoms with Crippen LogP contribution in [0.3, 0.4) is 0 Å². The minimum absolute atomic E-state index is 0.461. The monoisotopic (exact) mass is 182 g/mol. The van der Waals surface area contributed by atoms with Gasteiger partial charge >= 0.3 is 6.36 Å². The van der Waals surface area contributed by atoms with Crippen molar-refractivity contribution in [3.63, 3.8) is 0 Å². The molecule has 0 saturated heterocycles. The van der Waals surface area contributed by atoms with Crippen LogP contribution in [-0.2, 0) is 4.74 Å². The molecule has 1 rings (SSSR count). The number of halogens is 3. The topological polar surface area (TPSA) is 9.23 Å². The maximum atomic E-state index is 11.6. The molecule has 1 nitrogen and oxygen atoms in total. The summed E-state index contributed by atoms with van der Waals surface area (Å²) in [6.45, 7) is 2.04. The molecule has 0 unspecified atom stereocenters. The van der Waals surface area contributed by atoms with Crippen LogP contribution in [-0.4, -0.2) is 12.5 Å². The summed E-state index contributed by atoms with van der Waals surface area (Å²) < 4.78 is 38.7. The van der Waals surface area contributed by atoms with Gasteiger partial charge in [0.15, 0.2) is 0 Å². The Morgan fingerprint density at radius 2 is 1.92 bits per heavy atom. The molecule has 1 aliphatic carbocycles. The lowest BCUT2D eigenvalue weighted by Gasteiger charge is -2.35. The minimum atomic E-state index is -4.44. The van der Waals surface area contributed by atoms with Crippen molar-refractivity contribution in [2.45, 2.75) is 45.1 Å². The molecule has 4 heteroatoms. The average Bonchev–Trinajstić information content (AvgIpc) is 1.80. The van der Waals surface area contributed by atoms with Gasteiger partial charge in [0.05, 0.1) is 6.10 Å². The third-order valence-electron chi connectivity index (χ3n) is 2.19. The second-order valence-electron chi connectivity index (χ2n) is 3.31. The van der Waals surface area contributed by atoms with Gasteiger partial charge in [-0.25, -0.2) is 0 Å². The maximum absolute atomic E-state index is 11.6. The first kappa shape index (κ1) is 9.84. The van der Waals surface area contributed by atoms with Crippen molar-refractivity contribution < 1.29 is 17.9 Å². The average molecular weight is 182 g/mol. The summed E-state index contributed by atoms with van der Waals surface area (Å²) in [5, 5.41) is 0. The van der Waals surface area contributed by atoms with Crippen molar-refractivity contribution in [1.29, 1.82) is 0 Å². The fourth-order valence-corrected chi connectivity index (χ4v) is 1.60. The Morgan fingerprint density at radius 1 is 1.33 bits per heavy atom. The number of hydrogen-bond acceptors (Lipinski definition) is 1. The van der Waals surface area contributed by atoms with Crippen LogP contribution < -0.4 is 0 Å². The molecule has 0 spiro atoms. The molecule has 0 bridgehead atoms. The molecule has 0 aromatic heterocycles. The van der Waals surface area contributed by atoms with Crippen LogP contribution in [0.25, 0.3) is 0 Å². The lowest BCUT2D eigenvalue weighted by Crippen LogP contribution is -2.35. The Morgan fingerprint density at radius 3 is 2.33 bits per heavy atom. The molecule has 0 heterocycles. The fourth-order valence-electron chi connectivity index (χ4n) is 1.60. The molecule has 0 aromatic rings. The standard InChI is InChI=1S/C8H13F3O/c1-2-3-6-4-7(5-6)12-8(9,10)11/h6-7H,2-5H2,1H3. The van der Waals surface area contributed by atoms with Gasteiger partial charge in [-0.3, -0.25) is 4.74 Å². The normalized spacial score (nSPS) is 30.0. The summed E-state index contributed by atoms with van der Waals surface area (Å²) in [5.74, 6) is 0.461. The van der Waals surface area contributed by atoms with E-state index in [2.05, 4.69) is 4.74 Å². The summed E-state index contributed by atoms with van der Waals surface area (Å²) in [6, 6.07) is 0. The number of hydrogen-bond donors (Lipinski definition) is 0. The second-order valence-corrected chi connectivity index (χ2v) is 3.31. The summed E-state index contributed by atoms with van der Waals surface area (Å²) in [4.78, 5) is 0. The van der Waals surface area contributed by atoms with Gasteiger partial charge in [-0.15, -0.1) is 13.2 Å². The molecular weight excluding hydrogens is 169 g/mol. The lowest BCUT2D eigenvalue weighted by molar-refractivity contribution is -0.354. The van der Waals surface area contributed by atoms with E-state index in [1.54, 1.807) is 0 Å². The van der Waals surface area contributed by atoms with Crippen molar-refractivity contribution in [2.24, 2.45) is 5.92 Å². The van der Waals surface area contributed by atoms with Gasteiger partial charge in [0, 0.05) is 0 Å². The molecule has 1 aliphatic rings. The molecule has 0 amide bonds. The molecule has 12 heavy (non-hydrogen) atoms. The largest absolute Gasteiger partial charge is 0.522 e. The highest BCUT2D eigenvalue weighted by Gasteiger charge is 2.39. The van der Waals surface area contributed by atoms with Crippen LogP contribution in [0.1, 0.15) is 32.6 Å². The van der Waals surface area contributed by atoms with E-state index >= 15 is 0 Å². The molecule has 1 saturated carbocycles. The first-order chi connectivity index (χ1) is 5.51. The Kier molecular flexibility index (Phi) is 2.99. The van der Waals surface area contributed by atoms with Gasteiger partial charge < -0.3 is 0 Å². The number of alkyl halides is 3. The Labute approximate surface area is 69.9 Å². The lowest BCUT2D eigenvalue weighted by atomic mass is 9.79. The number of rotatable bonds is 3. The van der Waals surface area contributed by atoms with Crippen LogP contribution >= 0.6 is 0 Å². The predicted molar refractivity (Wildman–Crippen MR) is 38.6 cm³/mol. The molecule has 72 valence electrons. The SMILES string of the molecule is CCCC1CC(OC(F)(F)F)C1. The van der Waals surface area contributed by atoms with Gasteiger partial charge in [-0.2, -0.15) is 0 Å². The van der Waals surface area contributed by atoms with E-state index in [1.807, 2.05) is 6.92 Å². The highest BCUT2D eigenvalue weighted by Crippen LogP contribution is 2.36. The van der Waals surface area contributed by atoms with E-state index in [0.717, 1.165) is 12.8 Å². The van der Waals surface area contributed by atoms with E-state index in [4.69, 9.17) is 0 Å². The van der Waals surface area contributed by atoms with Gasteiger partial charge in [0.25, 0.3) is 0 Å². The third kappa shape index (κ3) is 3.01. The molecule has 0 N–H and O–H groups in total. The zero-order valence-electron chi connectivity index (χ0n) is 7.03. The van der Waals surface area contributed by atoms with E-state index in [-0.39, 0.29) is 0 Å². The van der Waals surface area contributed by atoms with Crippen molar-refractivity contribution in [3.8, 4) is 0 Å². The van der Waals surface area contributed by atoms with Crippen LogP contribution in [0.4, 0.5) is 13.2 Å². The van der Waals surface area contributed by atoms with E-state index in [1.165, 1.54) is 0 Å². The summed E-state index contributed by atoms with van der Waals surface area (Å²) in [7, 11) is 0. The van der Waals surface area contributed by atoms with Gasteiger partial charge in [0.2, 0.25) is 0 Å². The fraction of sp³-hybridized carbons (Fsp3) is 1.00. The van der Waals surface area contributed by atoms with Crippen LogP contribution in [0.15, 0.2) is 0 Å². The van der Waals surface area contributed by atoms with E-state index in [0.29, 0.717) is 18.8 Å². The zero-order chi connectivity index (χ0) is 9.19. The number of ether oxygens (including phenoxy) is 1. The minimum Gasteiger partial charge on any atom is -0.289 e. The highest BCUT2D eigenvalue weighted by atomic mass is 19.4. The van der Waals surface area contributed by atoms with Crippen molar-refractivity contribution in [2.75, 3.05) is 0 Å². The Balaban J connectivity index is 2.10. The Hall–Kier alpha value is -0.250. The first-order valence-corrected chi connectivity index (χ1v) is 4.26. The molecule has 0 atom stereocenters. The summed E-state index contributed by atoms with van der Waals surface area (Å²) >= 11 is 0. The third-order valence-corrected chi connectivity index (χ3v) is 2.19. The van der Waals surface area contributed by atoms with Crippen molar-refractivity contribution in [3.05, 3.63) is 0 Å². The molecule has 1 fully saturated rings. The van der Waals surface area contributed by atoms with Crippen molar-refractivity contribution in [1.82, 2.24) is 0 Å². The van der Waals surface area contributed by atoms with Gasteiger partial charge in [-0.05, 0) is 18.8 Å². The second kappa shape index (κ2) is 3.64. The smallest absolute Gasteiger partial charge is 0.289 e. The highest BCUT2D eigenvalue weighted by molar-refractivity contribution is 4.79. The maximum Gasteiger partial charge on any atom is 0.522 e. The quantitative estimate of drug-likeness (QED) is 0.651. The van der Waals surface area contributed by atoms with Crippen LogP contribution in [0, 0.1) is 5.92 Å². The summed E-state index contributed by atoms with van der Waals surface area (Å²) in [6.07, 6.45) is -1.79. The first-order valence-electron chi connectivity index (χ1n) is 4.26. The zero-order valence-corrected chi connectivity index (χ0v) is 7.03. The Bertz CT molecular complexity index is 138. The van der Waals surface area contributed by atoms with Gasteiger partial charge in [-0.1, -0.05) is 19.8 Å². The van der Waals surface area contributed by atoms with Crippen LogP contribution in [0.5, 0.6) is 0 Å². The van der Waals surface area contributed by atoms with Gasteiger partial charge in [0.1, 0.15) is 0 Å². The predicted octanol–water partition coefficient (Wildman–Crippen LogP) is 3.10. The molecule has 0 aromatic carbocycles. The van der Waals surface area contributed by atoms with E-state index in [9.17, 15) is 13.2 Å². The molecule has 0 radical (unpaired) electrons.